The lowest BCUT2D eigenvalue weighted by Crippen LogP contribution is -2.46. The number of unbranched alkanes of at least 4 members (excludes halogenated alkanes) is 2. The second-order valence-corrected chi connectivity index (χ2v) is 7.81. The topological polar surface area (TPSA) is 72.9 Å². The molecule has 1 aliphatic heterocycles. The molecule has 1 aliphatic rings. The summed E-state index contributed by atoms with van der Waals surface area (Å²) in [4.78, 5) is 28.6. The zero-order valence-electron chi connectivity index (χ0n) is 17.6. The minimum absolute atomic E-state index is 0.0332. The fraction of sp³-hybridized carbons (Fsp3) is 0.417. The molecule has 0 radical (unpaired) electrons. The zero-order chi connectivity index (χ0) is 21.3. The van der Waals surface area contributed by atoms with E-state index in [1.807, 2.05) is 6.07 Å². The summed E-state index contributed by atoms with van der Waals surface area (Å²) in [6, 6.07) is 15.2. The minimum atomic E-state index is -0.278. The quantitative estimate of drug-likeness (QED) is 0.373. The predicted molar refractivity (Wildman–Crippen MR) is 120 cm³/mol. The van der Waals surface area contributed by atoms with Crippen molar-refractivity contribution in [2.75, 3.05) is 42.9 Å². The Morgan fingerprint density at radius 2 is 1.70 bits per heavy atom. The number of hydrogen-bond donors (Lipinski definition) is 2. The number of carbonyl (C=O) groups is 2. The van der Waals surface area contributed by atoms with Gasteiger partial charge in [-0.15, -0.1) is 0 Å². The normalized spacial score (nSPS) is 14.5. The molecule has 2 aromatic carbocycles. The average Bonchev–Trinajstić information content (AvgIpc) is 2.75. The van der Waals surface area contributed by atoms with Gasteiger partial charge in [0.1, 0.15) is 5.75 Å². The molecule has 1 heterocycles. The summed E-state index contributed by atoms with van der Waals surface area (Å²) in [6.07, 6.45) is 3.43. The van der Waals surface area contributed by atoms with E-state index in [0.29, 0.717) is 12.0 Å². The summed E-state index contributed by atoms with van der Waals surface area (Å²) in [5.41, 5.74) is 2.10. The van der Waals surface area contributed by atoms with E-state index < -0.39 is 0 Å². The molecular weight excluding hydrogens is 378 g/mol. The molecule has 2 N–H and O–H groups in total. The first kappa shape index (κ1) is 21.8. The van der Waals surface area contributed by atoms with Crippen LogP contribution in [-0.4, -0.2) is 54.4 Å². The number of ketones is 1. The van der Waals surface area contributed by atoms with Crippen LogP contribution in [0.25, 0.3) is 0 Å². The molecule has 0 saturated carbocycles. The molecule has 2 aromatic rings. The average molecular weight is 410 g/mol. The van der Waals surface area contributed by atoms with E-state index in [2.05, 4.69) is 39.4 Å². The monoisotopic (exact) mass is 409 g/mol. The fourth-order valence-electron chi connectivity index (χ4n) is 3.81. The predicted octanol–water partition coefficient (Wildman–Crippen LogP) is 3.92. The molecule has 30 heavy (non-hydrogen) atoms. The van der Waals surface area contributed by atoms with E-state index in [0.717, 1.165) is 52.0 Å². The molecule has 0 spiro atoms. The molecule has 3 rings (SSSR count). The number of nitrogens with one attached hydrogen (secondary N) is 1. The van der Waals surface area contributed by atoms with Crippen LogP contribution in [0.5, 0.6) is 5.75 Å². The van der Waals surface area contributed by atoms with E-state index in [-0.39, 0.29) is 23.1 Å². The standard InChI is InChI=1S/C24H31N3O3/c1-19(28)25-22-18-20(11-12-24(22)30)23(29)10-6-3-7-13-26-14-16-27(17-15-26)21-8-4-2-5-9-21/h2,4-5,8-9,11-12,18,30H,3,6-7,10,13-17H2,1H3,(H,25,28). The Labute approximate surface area is 178 Å². The molecule has 0 unspecified atom stereocenters. The van der Waals surface area contributed by atoms with Crippen molar-refractivity contribution in [1.29, 1.82) is 0 Å². The Hall–Kier alpha value is -2.86. The van der Waals surface area contributed by atoms with E-state index in [4.69, 9.17) is 0 Å². The second-order valence-electron chi connectivity index (χ2n) is 7.81. The summed E-state index contributed by atoms with van der Waals surface area (Å²) < 4.78 is 0. The number of piperazine rings is 1. The Kier molecular flexibility index (Phi) is 7.85. The van der Waals surface area contributed by atoms with E-state index >= 15 is 0 Å². The maximum absolute atomic E-state index is 12.4. The van der Waals surface area contributed by atoms with Crippen molar-refractivity contribution in [3.8, 4) is 5.75 Å². The summed E-state index contributed by atoms with van der Waals surface area (Å²) in [7, 11) is 0. The number of anilines is 2. The Bertz CT molecular complexity index is 846. The fourth-order valence-corrected chi connectivity index (χ4v) is 3.81. The summed E-state index contributed by atoms with van der Waals surface area (Å²) in [5.74, 6) is -0.272. The first-order chi connectivity index (χ1) is 14.5. The minimum Gasteiger partial charge on any atom is -0.506 e. The Morgan fingerprint density at radius 3 is 2.40 bits per heavy atom. The van der Waals surface area contributed by atoms with Gasteiger partial charge in [0.05, 0.1) is 5.69 Å². The van der Waals surface area contributed by atoms with Crippen LogP contribution in [0.15, 0.2) is 48.5 Å². The van der Waals surface area contributed by atoms with Gasteiger partial charge in [-0.1, -0.05) is 24.6 Å². The Balaban J connectivity index is 1.34. The number of hydrogen-bond acceptors (Lipinski definition) is 5. The van der Waals surface area contributed by atoms with E-state index in [1.54, 1.807) is 12.1 Å². The highest BCUT2D eigenvalue weighted by atomic mass is 16.3. The van der Waals surface area contributed by atoms with Crippen molar-refractivity contribution in [3.05, 3.63) is 54.1 Å². The number of rotatable bonds is 9. The zero-order valence-corrected chi connectivity index (χ0v) is 17.6. The first-order valence-corrected chi connectivity index (χ1v) is 10.7. The van der Waals surface area contributed by atoms with Gasteiger partial charge in [-0.3, -0.25) is 14.5 Å². The van der Waals surface area contributed by atoms with Gasteiger partial charge < -0.3 is 15.3 Å². The first-order valence-electron chi connectivity index (χ1n) is 10.7. The van der Waals surface area contributed by atoms with E-state index in [9.17, 15) is 14.7 Å². The third-order valence-corrected chi connectivity index (χ3v) is 5.50. The van der Waals surface area contributed by atoms with Crippen LogP contribution >= 0.6 is 0 Å². The van der Waals surface area contributed by atoms with Gasteiger partial charge >= 0.3 is 0 Å². The summed E-state index contributed by atoms with van der Waals surface area (Å²) >= 11 is 0. The maximum atomic E-state index is 12.4. The molecule has 0 atom stereocenters. The van der Waals surface area contributed by atoms with Gasteiger partial charge in [0, 0.05) is 50.8 Å². The number of aromatic hydroxyl groups is 1. The number of Topliss-reactive ketones (excluding diaryl/α,β-unsaturated/α-hetero) is 1. The number of amides is 1. The maximum Gasteiger partial charge on any atom is 0.221 e. The van der Waals surface area contributed by atoms with Crippen LogP contribution in [0.3, 0.4) is 0 Å². The third kappa shape index (κ3) is 6.32. The van der Waals surface area contributed by atoms with E-state index in [1.165, 1.54) is 18.7 Å². The van der Waals surface area contributed by atoms with Gasteiger partial charge in [0.15, 0.2) is 5.78 Å². The lowest BCUT2D eigenvalue weighted by molar-refractivity contribution is -0.114. The molecular formula is C24H31N3O3. The highest BCUT2D eigenvalue weighted by molar-refractivity contribution is 5.99. The van der Waals surface area contributed by atoms with Crippen LogP contribution in [0.2, 0.25) is 0 Å². The number of benzene rings is 2. The second kappa shape index (κ2) is 10.8. The summed E-state index contributed by atoms with van der Waals surface area (Å²) in [5, 5.41) is 12.3. The highest BCUT2D eigenvalue weighted by Crippen LogP contribution is 2.25. The summed E-state index contributed by atoms with van der Waals surface area (Å²) in [6.45, 7) is 6.71. The molecule has 6 nitrogen and oxygen atoms in total. The van der Waals surface area contributed by atoms with Gasteiger partial charge in [-0.05, 0) is 49.7 Å². The number of para-hydroxylation sites is 1. The van der Waals surface area contributed by atoms with Crippen molar-refractivity contribution in [1.82, 2.24) is 4.90 Å². The van der Waals surface area contributed by atoms with Gasteiger partial charge in [-0.25, -0.2) is 0 Å². The smallest absolute Gasteiger partial charge is 0.221 e. The van der Waals surface area contributed by atoms with Crippen molar-refractivity contribution in [2.45, 2.75) is 32.6 Å². The largest absolute Gasteiger partial charge is 0.506 e. The SMILES string of the molecule is CC(=O)Nc1cc(C(=O)CCCCCN2CCN(c3ccccc3)CC2)ccc1O. The van der Waals surface area contributed by atoms with Crippen LogP contribution in [0.1, 0.15) is 43.0 Å². The lowest BCUT2D eigenvalue weighted by Gasteiger charge is -2.36. The van der Waals surface area contributed by atoms with Crippen molar-refractivity contribution < 1.29 is 14.7 Å². The molecule has 0 bridgehead atoms. The van der Waals surface area contributed by atoms with Crippen molar-refractivity contribution in [3.63, 3.8) is 0 Å². The van der Waals surface area contributed by atoms with Gasteiger partial charge in [0.2, 0.25) is 5.91 Å². The van der Waals surface area contributed by atoms with Crippen LogP contribution < -0.4 is 10.2 Å². The van der Waals surface area contributed by atoms with Gasteiger partial charge in [0.25, 0.3) is 0 Å². The molecule has 1 fully saturated rings. The molecule has 160 valence electrons. The lowest BCUT2D eigenvalue weighted by atomic mass is 10.0. The molecule has 0 aliphatic carbocycles. The number of phenols is 1. The number of nitrogens with zero attached hydrogens (tertiary/aromatic N) is 2. The highest BCUT2D eigenvalue weighted by Gasteiger charge is 2.16. The van der Waals surface area contributed by atoms with Crippen LogP contribution in [0, 0.1) is 0 Å². The van der Waals surface area contributed by atoms with Crippen molar-refractivity contribution >= 4 is 23.1 Å². The number of carbonyl (C=O) groups excluding carboxylic acids is 2. The molecule has 1 saturated heterocycles. The Morgan fingerprint density at radius 1 is 0.967 bits per heavy atom. The number of phenolic OH excluding ortho intramolecular Hbond substituents is 1. The van der Waals surface area contributed by atoms with Gasteiger partial charge in [-0.2, -0.15) is 0 Å². The van der Waals surface area contributed by atoms with Crippen LogP contribution in [0.4, 0.5) is 11.4 Å². The molecule has 0 aromatic heterocycles. The van der Waals surface area contributed by atoms with Crippen LogP contribution in [-0.2, 0) is 4.79 Å². The third-order valence-electron chi connectivity index (χ3n) is 5.50. The molecule has 6 heteroatoms. The van der Waals surface area contributed by atoms with Crippen molar-refractivity contribution in [2.24, 2.45) is 0 Å². The molecule has 1 amide bonds.